The second kappa shape index (κ2) is 8.10. The largest absolute Gasteiger partial charge is 0.324 e. The lowest BCUT2D eigenvalue weighted by Gasteiger charge is -2.13. The van der Waals surface area contributed by atoms with Crippen molar-refractivity contribution in [1.82, 2.24) is 9.55 Å². The normalized spacial score (nSPS) is 11.0. The molecule has 0 aliphatic rings. The Morgan fingerprint density at radius 1 is 1.00 bits per heavy atom. The van der Waals surface area contributed by atoms with Gasteiger partial charge in [0.2, 0.25) is 5.91 Å². The van der Waals surface area contributed by atoms with Crippen LogP contribution in [0.5, 0.6) is 0 Å². The summed E-state index contributed by atoms with van der Waals surface area (Å²) in [5, 5.41) is 3.75. The molecule has 0 fully saturated rings. The summed E-state index contributed by atoms with van der Waals surface area (Å²) in [5.41, 5.74) is 6.01. The topological polar surface area (TPSA) is 46.9 Å². The van der Waals surface area contributed by atoms with E-state index in [0.717, 1.165) is 39.2 Å². The van der Waals surface area contributed by atoms with E-state index in [1.165, 1.54) is 0 Å². The Labute approximate surface area is 175 Å². The van der Waals surface area contributed by atoms with Gasteiger partial charge in [-0.15, -0.1) is 0 Å². The Balaban J connectivity index is 1.64. The molecule has 0 atom stereocenters. The highest BCUT2D eigenvalue weighted by Gasteiger charge is 2.15. The third-order valence-electron chi connectivity index (χ3n) is 5.19. The number of carbonyl (C=O) groups excluding carboxylic acids is 1. The highest BCUT2D eigenvalue weighted by atomic mass is 35.5. The molecular weight excluding hydrogens is 382 g/mol. The minimum atomic E-state index is -0.0702. The summed E-state index contributed by atoms with van der Waals surface area (Å²) in [4.78, 5) is 17.6. The Kier molecular flexibility index (Phi) is 5.36. The summed E-state index contributed by atoms with van der Waals surface area (Å²) >= 11 is 6.01. The van der Waals surface area contributed by atoms with Gasteiger partial charge in [-0.25, -0.2) is 4.98 Å². The van der Waals surface area contributed by atoms with Crippen LogP contribution >= 0.6 is 11.6 Å². The molecule has 1 amide bonds. The van der Waals surface area contributed by atoms with Crippen molar-refractivity contribution in [2.75, 3.05) is 5.32 Å². The second-order valence-electron chi connectivity index (χ2n) is 7.20. The molecule has 29 heavy (non-hydrogen) atoms. The third-order valence-corrected chi connectivity index (χ3v) is 5.44. The first-order chi connectivity index (χ1) is 14.0. The SMILES string of the molecule is Cc1cccc(NC(=O)Cn2c(Cc3ccc(Cl)cc3)nc3ccccc32)c1C. The quantitative estimate of drug-likeness (QED) is 0.475. The number of para-hydroxylation sites is 2. The molecule has 5 heteroatoms. The molecule has 0 unspecified atom stereocenters. The van der Waals surface area contributed by atoms with Crippen molar-refractivity contribution in [2.45, 2.75) is 26.8 Å². The zero-order chi connectivity index (χ0) is 20.4. The standard InChI is InChI=1S/C24H22ClN3O/c1-16-6-5-8-20(17(16)2)27-24(29)15-28-22-9-4-3-7-21(22)26-23(28)14-18-10-12-19(25)13-11-18/h3-13H,14-15H2,1-2H3,(H,27,29). The van der Waals surface area contributed by atoms with Crippen molar-refractivity contribution in [3.05, 3.63) is 94.3 Å². The highest BCUT2D eigenvalue weighted by Crippen LogP contribution is 2.21. The zero-order valence-electron chi connectivity index (χ0n) is 16.4. The van der Waals surface area contributed by atoms with Gasteiger partial charge in [0.15, 0.2) is 0 Å². The van der Waals surface area contributed by atoms with E-state index in [1.54, 1.807) is 0 Å². The van der Waals surface area contributed by atoms with Gasteiger partial charge in [0, 0.05) is 17.1 Å². The Morgan fingerprint density at radius 2 is 1.76 bits per heavy atom. The van der Waals surface area contributed by atoms with Crippen LogP contribution in [0.2, 0.25) is 5.02 Å². The van der Waals surface area contributed by atoms with Crippen LogP contribution < -0.4 is 5.32 Å². The van der Waals surface area contributed by atoms with Gasteiger partial charge in [-0.2, -0.15) is 0 Å². The van der Waals surface area contributed by atoms with Gasteiger partial charge in [-0.3, -0.25) is 4.79 Å². The summed E-state index contributed by atoms with van der Waals surface area (Å²) < 4.78 is 1.99. The fraction of sp³-hybridized carbons (Fsp3) is 0.167. The molecule has 0 spiro atoms. The van der Waals surface area contributed by atoms with Gasteiger partial charge < -0.3 is 9.88 Å². The monoisotopic (exact) mass is 403 g/mol. The number of halogens is 1. The molecule has 0 saturated carbocycles. The number of rotatable bonds is 5. The average Bonchev–Trinajstić information content (AvgIpc) is 3.04. The summed E-state index contributed by atoms with van der Waals surface area (Å²) in [7, 11) is 0. The van der Waals surface area contributed by atoms with Crippen LogP contribution in [0.1, 0.15) is 22.5 Å². The van der Waals surface area contributed by atoms with Gasteiger partial charge in [0.05, 0.1) is 11.0 Å². The maximum atomic E-state index is 12.9. The van der Waals surface area contributed by atoms with Gasteiger partial charge in [0.25, 0.3) is 0 Å². The van der Waals surface area contributed by atoms with Crippen molar-refractivity contribution in [2.24, 2.45) is 0 Å². The number of carbonyl (C=O) groups is 1. The first kappa shape index (κ1) is 19.2. The predicted octanol–water partition coefficient (Wildman–Crippen LogP) is 5.54. The van der Waals surface area contributed by atoms with Crippen molar-refractivity contribution in [3.63, 3.8) is 0 Å². The molecule has 1 aromatic heterocycles. The maximum Gasteiger partial charge on any atom is 0.244 e. The third kappa shape index (κ3) is 4.17. The zero-order valence-corrected chi connectivity index (χ0v) is 17.2. The number of imidazole rings is 1. The number of aromatic nitrogens is 2. The van der Waals surface area contributed by atoms with Crippen LogP contribution in [0.25, 0.3) is 11.0 Å². The number of amides is 1. The number of hydrogen-bond donors (Lipinski definition) is 1. The van der Waals surface area contributed by atoms with E-state index < -0.39 is 0 Å². The molecular formula is C24H22ClN3O. The Morgan fingerprint density at radius 3 is 2.55 bits per heavy atom. The van der Waals surface area contributed by atoms with Crippen LogP contribution in [-0.4, -0.2) is 15.5 Å². The summed E-state index contributed by atoms with van der Waals surface area (Å²) in [6.45, 7) is 4.26. The fourth-order valence-corrected chi connectivity index (χ4v) is 3.57. The van der Waals surface area contributed by atoms with Gasteiger partial charge >= 0.3 is 0 Å². The van der Waals surface area contributed by atoms with E-state index in [0.29, 0.717) is 11.4 Å². The molecule has 0 aliphatic heterocycles. The van der Waals surface area contributed by atoms with E-state index in [2.05, 4.69) is 5.32 Å². The minimum absolute atomic E-state index is 0.0702. The van der Waals surface area contributed by atoms with Crippen molar-refractivity contribution >= 4 is 34.2 Å². The number of fused-ring (bicyclic) bond motifs is 1. The predicted molar refractivity (Wildman–Crippen MR) is 119 cm³/mol. The van der Waals surface area contributed by atoms with E-state index in [-0.39, 0.29) is 12.5 Å². The highest BCUT2D eigenvalue weighted by molar-refractivity contribution is 6.30. The first-order valence-electron chi connectivity index (χ1n) is 9.56. The van der Waals surface area contributed by atoms with Crippen LogP contribution in [0, 0.1) is 13.8 Å². The lowest BCUT2D eigenvalue weighted by molar-refractivity contribution is -0.116. The van der Waals surface area contributed by atoms with E-state index in [1.807, 2.05) is 85.1 Å². The molecule has 1 heterocycles. The molecule has 0 bridgehead atoms. The van der Waals surface area contributed by atoms with Crippen LogP contribution in [0.15, 0.2) is 66.7 Å². The molecule has 4 aromatic rings. The lowest BCUT2D eigenvalue weighted by Crippen LogP contribution is -2.21. The molecule has 146 valence electrons. The van der Waals surface area contributed by atoms with E-state index >= 15 is 0 Å². The summed E-state index contributed by atoms with van der Waals surface area (Å²) in [6.07, 6.45) is 0.628. The maximum absolute atomic E-state index is 12.9. The van der Waals surface area contributed by atoms with Gasteiger partial charge in [-0.05, 0) is 60.9 Å². The Hall–Kier alpha value is -3.11. The minimum Gasteiger partial charge on any atom is -0.324 e. The number of anilines is 1. The summed E-state index contributed by atoms with van der Waals surface area (Å²) in [5.74, 6) is 0.781. The molecule has 1 N–H and O–H groups in total. The summed E-state index contributed by atoms with van der Waals surface area (Å²) in [6, 6.07) is 21.5. The van der Waals surface area contributed by atoms with E-state index in [9.17, 15) is 4.79 Å². The number of benzene rings is 3. The average molecular weight is 404 g/mol. The molecule has 0 saturated heterocycles. The molecule has 3 aromatic carbocycles. The van der Waals surface area contributed by atoms with Crippen LogP contribution in [-0.2, 0) is 17.8 Å². The van der Waals surface area contributed by atoms with Crippen molar-refractivity contribution in [3.8, 4) is 0 Å². The van der Waals surface area contributed by atoms with Gasteiger partial charge in [0.1, 0.15) is 12.4 Å². The van der Waals surface area contributed by atoms with Crippen LogP contribution in [0.4, 0.5) is 5.69 Å². The second-order valence-corrected chi connectivity index (χ2v) is 7.64. The van der Waals surface area contributed by atoms with Crippen LogP contribution in [0.3, 0.4) is 0 Å². The Bertz CT molecular complexity index is 1180. The smallest absolute Gasteiger partial charge is 0.244 e. The molecule has 0 aliphatic carbocycles. The lowest BCUT2D eigenvalue weighted by atomic mass is 10.1. The number of aryl methyl sites for hydroxylation is 1. The molecule has 4 rings (SSSR count). The van der Waals surface area contributed by atoms with E-state index in [4.69, 9.17) is 16.6 Å². The van der Waals surface area contributed by atoms with Crippen molar-refractivity contribution < 1.29 is 4.79 Å². The molecule has 0 radical (unpaired) electrons. The number of nitrogens with one attached hydrogen (secondary N) is 1. The molecule has 4 nitrogen and oxygen atoms in total. The number of nitrogens with zero attached hydrogens (tertiary/aromatic N) is 2. The number of hydrogen-bond acceptors (Lipinski definition) is 2. The first-order valence-corrected chi connectivity index (χ1v) is 9.94. The van der Waals surface area contributed by atoms with Crippen molar-refractivity contribution in [1.29, 1.82) is 0 Å². The fourth-order valence-electron chi connectivity index (χ4n) is 3.44. The van der Waals surface area contributed by atoms with Gasteiger partial charge in [-0.1, -0.05) is 48.0 Å².